The monoisotopic (exact) mass is 269 g/mol. The zero-order valence-electron chi connectivity index (χ0n) is 13.1. The van der Waals surface area contributed by atoms with Crippen LogP contribution in [0.3, 0.4) is 0 Å². The van der Waals surface area contributed by atoms with Gasteiger partial charge in [-0.25, -0.2) is 0 Å². The predicted molar refractivity (Wildman–Crippen MR) is 79.9 cm³/mol. The second kappa shape index (κ2) is 7.85. The van der Waals surface area contributed by atoms with E-state index in [1.165, 1.54) is 25.9 Å². The summed E-state index contributed by atoms with van der Waals surface area (Å²) >= 11 is 0. The molecule has 4 heteroatoms. The molecule has 1 amide bonds. The maximum atomic E-state index is 12.3. The minimum absolute atomic E-state index is 0.0287. The van der Waals surface area contributed by atoms with Gasteiger partial charge in [0.05, 0.1) is 5.92 Å². The van der Waals surface area contributed by atoms with E-state index >= 15 is 0 Å². The highest BCUT2D eigenvalue weighted by Gasteiger charge is 2.24. The van der Waals surface area contributed by atoms with Crippen LogP contribution in [0.25, 0.3) is 0 Å². The summed E-state index contributed by atoms with van der Waals surface area (Å²) in [6.45, 7) is 7.84. The molecule has 0 radical (unpaired) electrons. The molecule has 0 aromatic heterocycles. The largest absolute Gasteiger partial charge is 0.345 e. The molecule has 1 aliphatic heterocycles. The van der Waals surface area contributed by atoms with Gasteiger partial charge in [-0.1, -0.05) is 13.8 Å². The standard InChI is InChI=1S/C15H31N3O/c1-12(2)14(10-16)15(19)18(4)9-7-13-6-5-8-17(3)11-13/h12-14H,5-11,16H2,1-4H3. The summed E-state index contributed by atoms with van der Waals surface area (Å²) in [5.41, 5.74) is 5.72. The Morgan fingerprint density at radius 2 is 2.16 bits per heavy atom. The van der Waals surface area contributed by atoms with Crippen LogP contribution >= 0.6 is 0 Å². The van der Waals surface area contributed by atoms with Crippen molar-refractivity contribution in [2.75, 3.05) is 40.3 Å². The maximum absolute atomic E-state index is 12.3. The van der Waals surface area contributed by atoms with Crippen LogP contribution in [0.4, 0.5) is 0 Å². The first-order valence-corrected chi connectivity index (χ1v) is 7.59. The molecule has 0 bridgehead atoms. The summed E-state index contributed by atoms with van der Waals surface area (Å²) < 4.78 is 0. The Kier molecular flexibility index (Phi) is 6.80. The summed E-state index contributed by atoms with van der Waals surface area (Å²) in [4.78, 5) is 16.6. The average molecular weight is 269 g/mol. The van der Waals surface area contributed by atoms with E-state index in [-0.39, 0.29) is 11.8 Å². The van der Waals surface area contributed by atoms with Crippen molar-refractivity contribution >= 4 is 5.91 Å². The third-order valence-corrected chi connectivity index (χ3v) is 4.35. The van der Waals surface area contributed by atoms with Gasteiger partial charge in [0, 0.05) is 26.7 Å². The Morgan fingerprint density at radius 3 is 2.68 bits per heavy atom. The SMILES string of the molecule is CC(C)C(CN)C(=O)N(C)CCC1CCCN(C)C1. The van der Waals surface area contributed by atoms with E-state index in [1.54, 1.807) is 0 Å². The van der Waals surface area contributed by atoms with Crippen LogP contribution in [0.2, 0.25) is 0 Å². The van der Waals surface area contributed by atoms with Crippen molar-refractivity contribution in [3.63, 3.8) is 0 Å². The van der Waals surface area contributed by atoms with Crippen molar-refractivity contribution in [1.82, 2.24) is 9.80 Å². The highest BCUT2D eigenvalue weighted by molar-refractivity contribution is 5.79. The van der Waals surface area contributed by atoms with Crippen LogP contribution in [0.15, 0.2) is 0 Å². The molecule has 0 aromatic carbocycles. The van der Waals surface area contributed by atoms with Crippen molar-refractivity contribution in [3.8, 4) is 0 Å². The van der Waals surface area contributed by atoms with Crippen LogP contribution in [0.5, 0.6) is 0 Å². The molecule has 19 heavy (non-hydrogen) atoms. The number of nitrogens with zero attached hydrogens (tertiary/aromatic N) is 2. The first-order chi connectivity index (χ1) is 8.95. The number of likely N-dealkylation sites (tertiary alicyclic amines) is 1. The zero-order chi connectivity index (χ0) is 14.4. The number of amides is 1. The third kappa shape index (κ3) is 5.11. The van der Waals surface area contributed by atoms with Gasteiger partial charge in [0.1, 0.15) is 0 Å². The molecule has 0 spiro atoms. The topological polar surface area (TPSA) is 49.6 Å². The Bertz CT molecular complexity index is 281. The maximum Gasteiger partial charge on any atom is 0.226 e. The second-order valence-electron chi connectivity index (χ2n) is 6.41. The van der Waals surface area contributed by atoms with E-state index in [2.05, 4.69) is 25.8 Å². The lowest BCUT2D eigenvalue weighted by atomic mass is 9.93. The van der Waals surface area contributed by atoms with Gasteiger partial charge in [0.2, 0.25) is 5.91 Å². The fraction of sp³-hybridized carbons (Fsp3) is 0.933. The molecule has 1 rings (SSSR count). The quantitative estimate of drug-likeness (QED) is 0.793. The summed E-state index contributed by atoms with van der Waals surface area (Å²) in [5.74, 6) is 1.24. The summed E-state index contributed by atoms with van der Waals surface area (Å²) in [7, 11) is 4.10. The van der Waals surface area contributed by atoms with Gasteiger partial charge >= 0.3 is 0 Å². The molecule has 1 saturated heterocycles. The molecule has 0 aliphatic carbocycles. The molecule has 1 heterocycles. The number of hydrogen-bond donors (Lipinski definition) is 1. The normalized spacial score (nSPS) is 22.5. The zero-order valence-corrected chi connectivity index (χ0v) is 13.1. The number of rotatable bonds is 6. The van der Waals surface area contributed by atoms with E-state index in [4.69, 9.17) is 5.73 Å². The minimum Gasteiger partial charge on any atom is -0.345 e. The van der Waals surface area contributed by atoms with Crippen LogP contribution in [0, 0.1) is 17.8 Å². The first kappa shape index (κ1) is 16.4. The smallest absolute Gasteiger partial charge is 0.226 e. The number of nitrogens with two attached hydrogens (primary N) is 1. The molecular formula is C15H31N3O. The van der Waals surface area contributed by atoms with Crippen molar-refractivity contribution in [2.24, 2.45) is 23.5 Å². The highest BCUT2D eigenvalue weighted by Crippen LogP contribution is 2.19. The van der Waals surface area contributed by atoms with Crippen LogP contribution in [-0.2, 0) is 4.79 Å². The average Bonchev–Trinajstić information content (AvgIpc) is 2.36. The fourth-order valence-corrected chi connectivity index (χ4v) is 2.94. The van der Waals surface area contributed by atoms with Gasteiger partial charge < -0.3 is 15.5 Å². The van der Waals surface area contributed by atoms with Gasteiger partial charge in [-0.3, -0.25) is 4.79 Å². The van der Waals surface area contributed by atoms with Gasteiger partial charge in [-0.05, 0) is 44.7 Å². The molecule has 1 fully saturated rings. The summed E-state index contributed by atoms with van der Waals surface area (Å²) in [6.07, 6.45) is 3.70. The van der Waals surface area contributed by atoms with Gasteiger partial charge in [-0.2, -0.15) is 0 Å². The van der Waals surface area contributed by atoms with E-state index in [0.29, 0.717) is 12.5 Å². The van der Waals surface area contributed by atoms with Crippen LogP contribution in [-0.4, -0.2) is 56.0 Å². The van der Waals surface area contributed by atoms with Gasteiger partial charge in [-0.15, -0.1) is 0 Å². The molecule has 0 saturated carbocycles. The first-order valence-electron chi connectivity index (χ1n) is 7.59. The Morgan fingerprint density at radius 1 is 1.47 bits per heavy atom. The van der Waals surface area contributed by atoms with Crippen molar-refractivity contribution in [3.05, 3.63) is 0 Å². The second-order valence-corrected chi connectivity index (χ2v) is 6.41. The van der Waals surface area contributed by atoms with Gasteiger partial charge in [0.15, 0.2) is 0 Å². The number of hydrogen-bond acceptors (Lipinski definition) is 3. The lowest BCUT2D eigenvalue weighted by molar-refractivity contribution is -0.135. The number of carbonyl (C=O) groups is 1. The highest BCUT2D eigenvalue weighted by atomic mass is 16.2. The van der Waals surface area contributed by atoms with E-state index in [9.17, 15) is 4.79 Å². The molecule has 1 aliphatic rings. The molecular weight excluding hydrogens is 238 g/mol. The Labute approximate surface area is 118 Å². The summed E-state index contributed by atoms with van der Waals surface area (Å²) in [6, 6.07) is 0. The van der Waals surface area contributed by atoms with E-state index in [1.807, 2.05) is 11.9 Å². The Hall–Kier alpha value is -0.610. The van der Waals surface area contributed by atoms with E-state index < -0.39 is 0 Å². The molecule has 2 atom stereocenters. The van der Waals surface area contributed by atoms with Crippen molar-refractivity contribution < 1.29 is 4.79 Å². The predicted octanol–water partition coefficient (Wildman–Crippen LogP) is 1.41. The third-order valence-electron chi connectivity index (χ3n) is 4.35. The lowest BCUT2D eigenvalue weighted by Gasteiger charge is -2.31. The Balaban J connectivity index is 2.37. The van der Waals surface area contributed by atoms with E-state index in [0.717, 1.165) is 18.9 Å². The van der Waals surface area contributed by atoms with Crippen LogP contribution in [0.1, 0.15) is 33.1 Å². The number of carbonyl (C=O) groups excluding carboxylic acids is 1. The van der Waals surface area contributed by atoms with Crippen LogP contribution < -0.4 is 5.73 Å². The molecule has 0 aromatic rings. The van der Waals surface area contributed by atoms with Gasteiger partial charge in [0.25, 0.3) is 0 Å². The minimum atomic E-state index is -0.0287. The lowest BCUT2D eigenvalue weighted by Crippen LogP contribution is -2.41. The number of piperidine rings is 1. The summed E-state index contributed by atoms with van der Waals surface area (Å²) in [5, 5.41) is 0. The molecule has 4 nitrogen and oxygen atoms in total. The molecule has 112 valence electrons. The molecule has 2 unspecified atom stereocenters. The van der Waals surface area contributed by atoms with Crippen molar-refractivity contribution in [2.45, 2.75) is 33.1 Å². The van der Waals surface area contributed by atoms with Crippen molar-refractivity contribution in [1.29, 1.82) is 0 Å². The fourth-order valence-electron chi connectivity index (χ4n) is 2.94. The molecule has 2 N–H and O–H groups in total.